The van der Waals surface area contributed by atoms with E-state index in [-0.39, 0.29) is 28.9 Å². The molecule has 3 nitrogen and oxygen atoms in total. The molecule has 0 saturated carbocycles. The number of halogens is 3. The van der Waals surface area contributed by atoms with Crippen LogP contribution in [-0.4, -0.2) is 10.1 Å². The molecule has 0 unspecified atom stereocenters. The first-order valence-electron chi connectivity index (χ1n) is 3.87. The first-order chi connectivity index (χ1) is 6.60. The zero-order valence-corrected chi connectivity index (χ0v) is 8.76. The highest BCUT2D eigenvalue weighted by atomic mass is 79.9. The summed E-state index contributed by atoms with van der Waals surface area (Å²) < 4.78 is 25.3. The Hall–Kier alpha value is -0.590. The van der Waals surface area contributed by atoms with Crippen LogP contribution < -0.4 is 5.73 Å². The number of pyridine rings is 1. The van der Waals surface area contributed by atoms with Gasteiger partial charge in [-0.2, -0.15) is 0 Å². The van der Waals surface area contributed by atoms with E-state index in [0.717, 1.165) is 0 Å². The summed E-state index contributed by atoms with van der Waals surface area (Å²) in [5, 5.41) is 8.80. The van der Waals surface area contributed by atoms with Crippen molar-refractivity contribution < 1.29 is 13.9 Å². The molecule has 0 spiro atoms. The molecule has 1 aromatic heterocycles. The second-order valence-electron chi connectivity index (χ2n) is 2.62. The largest absolute Gasteiger partial charge is 0.390 e. The highest BCUT2D eigenvalue weighted by molar-refractivity contribution is 9.10. The maximum absolute atomic E-state index is 12.5. The van der Waals surface area contributed by atoms with Gasteiger partial charge in [0.1, 0.15) is 0 Å². The minimum absolute atomic E-state index is 0.0773. The Morgan fingerprint density at radius 1 is 1.57 bits per heavy atom. The summed E-state index contributed by atoms with van der Waals surface area (Å²) in [6.07, 6.45) is -2.62. The molecule has 0 aromatic carbocycles. The van der Waals surface area contributed by atoms with Crippen molar-refractivity contribution in [3.05, 3.63) is 27.5 Å². The lowest BCUT2D eigenvalue weighted by atomic mass is 10.2. The maximum atomic E-state index is 12.5. The van der Waals surface area contributed by atoms with Gasteiger partial charge in [0, 0.05) is 11.0 Å². The topological polar surface area (TPSA) is 59.1 Å². The number of aliphatic hydroxyl groups excluding tert-OH is 1. The fraction of sp³-hybridized carbons (Fsp3) is 0.375. The van der Waals surface area contributed by atoms with E-state index >= 15 is 0 Å². The summed E-state index contributed by atoms with van der Waals surface area (Å²) in [4.78, 5) is 3.81. The SMILES string of the molecule is NCc1nc(CO)cc(Br)c1C(F)F. The van der Waals surface area contributed by atoms with Crippen LogP contribution in [0.2, 0.25) is 0 Å². The van der Waals surface area contributed by atoms with Gasteiger partial charge >= 0.3 is 0 Å². The summed E-state index contributed by atoms with van der Waals surface area (Å²) in [6, 6.07) is 1.36. The van der Waals surface area contributed by atoms with Crippen molar-refractivity contribution in [2.45, 2.75) is 19.6 Å². The fourth-order valence-corrected chi connectivity index (χ4v) is 1.76. The number of nitrogens with two attached hydrogens (primary N) is 1. The first-order valence-corrected chi connectivity index (χ1v) is 4.66. The maximum Gasteiger partial charge on any atom is 0.266 e. The third-order valence-corrected chi connectivity index (χ3v) is 2.37. The molecule has 3 N–H and O–H groups in total. The van der Waals surface area contributed by atoms with Crippen molar-refractivity contribution in [1.82, 2.24) is 4.98 Å². The lowest BCUT2D eigenvalue weighted by Gasteiger charge is -2.10. The van der Waals surface area contributed by atoms with E-state index in [1.54, 1.807) is 0 Å². The van der Waals surface area contributed by atoms with Crippen LogP contribution in [0.5, 0.6) is 0 Å². The third kappa shape index (κ3) is 2.26. The molecule has 0 radical (unpaired) electrons. The summed E-state index contributed by atoms with van der Waals surface area (Å²) in [7, 11) is 0. The molecule has 6 heteroatoms. The number of nitrogens with zero attached hydrogens (tertiary/aromatic N) is 1. The van der Waals surface area contributed by atoms with Crippen LogP contribution in [-0.2, 0) is 13.2 Å². The zero-order valence-electron chi connectivity index (χ0n) is 7.17. The minimum Gasteiger partial charge on any atom is -0.390 e. The molecular formula is C8H9BrF2N2O. The molecule has 14 heavy (non-hydrogen) atoms. The molecule has 0 aliphatic carbocycles. The van der Waals surface area contributed by atoms with Gasteiger partial charge in [-0.1, -0.05) is 15.9 Å². The van der Waals surface area contributed by atoms with E-state index in [1.807, 2.05) is 0 Å². The van der Waals surface area contributed by atoms with Crippen LogP contribution in [0.15, 0.2) is 10.5 Å². The van der Waals surface area contributed by atoms with Gasteiger partial charge in [0.05, 0.1) is 23.6 Å². The second-order valence-corrected chi connectivity index (χ2v) is 3.47. The standard InChI is InChI=1S/C8H9BrF2N2O/c9-5-1-4(3-14)13-6(2-12)7(5)8(10)11/h1,8,14H,2-3,12H2. The average molecular weight is 267 g/mol. The molecule has 0 aliphatic rings. The summed E-state index contributed by atoms with van der Waals surface area (Å²) >= 11 is 2.99. The van der Waals surface area contributed by atoms with Crippen LogP contribution >= 0.6 is 15.9 Å². The van der Waals surface area contributed by atoms with Crippen molar-refractivity contribution in [3.8, 4) is 0 Å². The zero-order chi connectivity index (χ0) is 10.7. The van der Waals surface area contributed by atoms with Gasteiger partial charge in [-0.25, -0.2) is 8.78 Å². The van der Waals surface area contributed by atoms with Gasteiger partial charge in [-0.15, -0.1) is 0 Å². The predicted octanol–water partition coefficient (Wildman–Crippen LogP) is 1.73. The molecule has 1 aromatic rings. The van der Waals surface area contributed by atoms with Gasteiger partial charge < -0.3 is 10.8 Å². The van der Waals surface area contributed by atoms with E-state index in [1.165, 1.54) is 6.07 Å². The fourth-order valence-electron chi connectivity index (χ4n) is 1.09. The van der Waals surface area contributed by atoms with E-state index in [2.05, 4.69) is 20.9 Å². The van der Waals surface area contributed by atoms with Gasteiger partial charge in [0.25, 0.3) is 6.43 Å². The molecule has 0 fully saturated rings. The first kappa shape index (κ1) is 11.5. The Kier molecular flexibility index (Phi) is 3.91. The molecule has 78 valence electrons. The average Bonchev–Trinajstić information content (AvgIpc) is 2.15. The molecule has 0 saturated heterocycles. The van der Waals surface area contributed by atoms with Crippen LogP contribution in [0, 0.1) is 0 Å². The van der Waals surface area contributed by atoms with Crippen molar-refractivity contribution in [1.29, 1.82) is 0 Å². The van der Waals surface area contributed by atoms with E-state index < -0.39 is 6.43 Å². The Bertz CT molecular complexity index is 333. The highest BCUT2D eigenvalue weighted by Crippen LogP contribution is 2.30. The van der Waals surface area contributed by atoms with E-state index in [4.69, 9.17) is 10.8 Å². The summed E-state index contributed by atoms with van der Waals surface area (Å²) in [5.74, 6) is 0. The smallest absolute Gasteiger partial charge is 0.266 e. The summed E-state index contributed by atoms with van der Waals surface area (Å²) in [6.45, 7) is -0.374. The number of alkyl halides is 2. The highest BCUT2D eigenvalue weighted by Gasteiger charge is 2.18. The Labute approximate surface area is 88.1 Å². The predicted molar refractivity (Wildman–Crippen MR) is 50.7 cm³/mol. The Morgan fingerprint density at radius 3 is 2.64 bits per heavy atom. The van der Waals surface area contributed by atoms with Gasteiger partial charge in [-0.3, -0.25) is 4.98 Å². The van der Waals surface area contributed by atoms with Crippen LogP contribution in [0.4, 0.5) is 8.78 Å². The number of aromatic nitrogens is 1. The van der Waals surface area contributed by atoms with Crippen molar-refractivity contribution >= 4 is 15.9 Å². The van der Waals surface area contributed by atoms with E-state index in [0.29, 0.717) is 5.69 Å². The van der Waals surface area contributed by atoms with Crippen LogP contribution in [0.3, 0.4) is 0 Å². The Morgan fingerprint density at radius 2 is 2.21 bits per heavy atom. The van der Waals surface area contributed by atoms with Gasteiger partial charge in [0.15, 0.2) is 0 Å². The third-order valence-electron chi connectivity index (χ3n) is 1.71. The lowest BCUT2D eigenvalue weighted by Crippen LogP contribution is -2.08. The lowest BCUT2D eigenvalue weighted by molar-refractivity contribution is 0.148. The quantitative estimate of drug-likeness (QED) is 0.876. The number of hydrogen-bond donors (Lipinski definition) is 2. The summed E-state index contributed by atoms with van der Waals surface area (Å²) in [5.41, 5.74) is 5.51. The monoisotopic (exact) mass is 266 g/mol. The van der Waals surface area contributed by atoms with Crippen molar-refractivity contribution in [3.63, 3.8) is 0 Å². The number of aliphatic hydroxyl groups is 1. The van der Waals surface area contributed by atoms with Crippen LogP contribution in [0.1, 0.15) is 23.4 Å². The number of rotatable bonds is 3. The number of hydrogen-bond acceptors (Lipinski definition) is 3. The second kappa shape index (κ2) is 4.77. The molecule has 1 heterocycles. The van der Waals surface area contributed by atoms with E-state index in [9.17, 15) is 8.78 Å². The molecular weight excluding hydrogens is 258 g/mol. The molecule has 0 atom stereocenters. The van der Waals surface area contributed by atoms with Gasteiger partial charge in [0.2, 0.25) is 0 Å². The van der Waals surface area contributed by atoms with Crippen molar-refractivity contribution in [2.75, 3.05) is 0 Å². The normalized spacial score (nSPS) is 11.0. The van der Waals surface area contributed by atoms with Gasteiger partial charge in [-0.05, 0) is 6.07 Å². The minimum atomic E-state index is -2.62. The molecule has 0 bridgehead atoms. The van der Waals surface area contributed by atoms with Crippen molar-refractivity contribution in [2.24, 2.45) is 5.73 Å². The molecule has 0 aliphatic heterocycles. The Balaban J connectivity index is 3.27. The molecule has 0 amide bonds. The van der Waals surface area contributed by atoms with Crippen LogP contribution in [0.25, 0.3) is 0 Å². The molecule has 1 rings (SSSR count).